The summed E-state index contributed by atoms with van der Waals surface area (Å²) < 4.78 is 0. The fraction of sp³-hybridized carbons (Fsp3) is 1.00. The second kappa shape index (κ2) is 4.54. The highest BCUT2D eigenvalue weighted by molar-refractivity contribution is 5.17. The molecule has 0 aromatic heterocycles. The molecule has 4 fully saturated rings. The summed E-state index contributed by atoms with van der Waals surface area (Å²) >= 11 is 0. The zero-order valence-corrected chi connectivity index (χ0v) is 16.0. The lowest BCUT2D eigenvalue weighted by molar-refractivity contribution is -0.0580. The summed E-state index contributed by atoms with van der Waals surface area (Å²) in [5.41, 5.74) is 1.03. The minimum Gasteiger partial charge on any atom is -0.0649 e. The Bertz CT molecular complexity index is 453. The maximum Gasteiger partial charge on any atom is -0.0295 e. The van der Waals surface area contributed by atoms with Gasteiger partial charge >= 0.3 is 0 Å². The molecule has 0 nitrogen and oxygen atoms in total. The van der Waals surface area contributed by atoms with Crippen LogP contribution in [0.3, 0.4) is 0 Å². The monoisotopic (exact) mass is 302 g/mol. The molecule has 0 aliphatic heterocycles. The highest BCUT2D eigenvalue weighted by Gasteiger charge is 2.69. The van der Waals surface area contributed by atoms with E-state index >= 15 is 0 Å². The third-order valence-corrected chi connectivity index (χ3v) is 9.12. The number of rotatable bonds is 2. The zero-order chi connectivity index (χ0) is 16.0. The maximum atomic E-state index is 2.59. The first-order chi connectivity index (χ1) is 10.2. The molecule has 0 spiro atoms. The topological polar surface area (TPSA) is 0 Å². The number of hydrogen-bond acceptors (Lipinski definition) is 0. The first-order valence-electron chi connectivity index (χ1n) is 10.2. The van der Waals surface area contributed by atoms with Crippen LogP contribution in [0.25, 0.3) is 0 Å². The summed E-state index contributed by atoms with van der Waals surface area (Å²) in [5.74, 6) is 9.56. The molecular weight excluding hydrogens is 264 g/mol. The minimum absolute atomic E-state index is 0.493. The van der Waals surface area contributed by atoms with Gasteiger partial charge < -0.3 is 0 Å². The van der Waals surface area contributed by atoms with E-state index in [9.17, 15) is 0 Å². The lowest BCUT2D eigenvalue weighted by Gasteiger charge is -2.53. The van der Waals surface area contributed by atoms with E-state index in [-0.39, 0.29) is 0 Å². The van der Waals surface area contributed by atoms with Crippen LogP contribution in [0.4, 0.5) is 0 Å². The molecule has 0 amide bonds. The van der Waals surface area contributed by atoms with Crippen molar-refractivity contribution < 1.29 is 0 Å². The molecule has 0 heterocycles. The highest BCUT2D eigenvalue weighted by atomic mass is 14.7. The van der Waals surface area contributed by atoms with E-state index < -0.39 is 0 Å². The molecule has 4 aliphatic carbocycles. The quantitative estimate of drug-likeness (QED) is 0.528. The van der Waals surface area contributed by atoms with Crippen molar-refractivity contribution in [3.05, 3.63) is 0 Å². The van der Waals surface area contributed by atoms with Gasteiger partial charge in [-0.25, -0.2) is 0 Å². The van der Waals surface area contributed by atoms with Crippen molar-refractivity contribution in [2.24, 2.45) is 64.1 Å². The molecular formula is C22H38. The van der Waals surface area contributed by atoms with E-state index in [1.807, 2.05) is 0 Å². The van der Waals surface area contributed by atoms with Crippen molar-refractivity contribution in [1.82, 2.24) is 0 Å². The van der Waals surface area contributed by atoms with E-state index in [4.69, 9.17) is 0 Å². The van der Waals surface area contributed by atoms with Gasteiger partial charge in [0.2, 0.25) is 0 Å². The predicted octanol–water partition coefficient (Wildman–Crippen LogP) is 6.26. The van der Waals surface area contributed by atoms with Gasteiger partial charge in [0.1, 0.15) is 0 Å². The van der Waals surface area contributed by atoms with Crippen LogP contribution in [0.1, 0.15) is 74.1 Å². The Labute approximate surface area is 138 Å². The molecule has 9 unspecified atom stereocenters. The Kier molecular flexibility index (Phi) is 3.21. The molecule has 0 saturated heterocycles. The molecule has 0 aromatic rings. The van der Waals surface area contributed by atoms with Crippen molar-refractivity contribution >= 4 is 0 Å². The summed E-state index contributed by atoms with van der Waals surface area (Å²) in [5, 5.41) is 0. The average Bonchev–Trinajstić information content (AvgIpc) is 3.12. The standard InChI is InChI=1S/C22H38/c1-8-22(6,7)20-15-11-16(19(20)21(3,4)5)18-14-10-13(17(15)18)9-12(14)2/h12-20H,8-11H2,1-7H3. The molecule has 22 heavy (non-hydrogen) atoms. The predicted molar refractivity (Wildman–Crippen MR) is 94.5 cm³/mol. The Hall–Kier alpha value is 0. The fourth-order valence-corrected chi connectivity index (χ4v) is 8.43. The maximum absolute atomic E-state index is 2.59. The lowest BCUT2D eigenvalue weighted by atomic mass is 9.51. The van der Waals surface area contributed by atoms with Gasteiger partial charge in [-0.2, -0.15) is 0 Å². The van der Waals surface area contributed by atoms with Crippen molar-refractivity contribution in [2.45, 2.75) is 74.1 Å². The third kappa shape index (κ3) is 1.82. The van der Waals surface area contributed by atoms with Gasteiger partial charge in [-0.3, -0.25) is 0 Å². The summed E-state index contributed by atoms with van der Waals surface area (Å²) in [6.45, 7) is 17.8. The van der Waals surface area contributed by atoms with E-state index in [0.717, 1.165) is 53.3 Å². The summed E-state index contributed by atoms with van der Waals surface area (Å²) in [6, 6.07) is 0. The molecule has 0 heteroatoms. The number of hydrogen-bond donors (Lipinski definition) is 0. The van der Waals surface area contributed by atoms with Crippen LogP contribution in [0, 0.1) is 64.1 Å². The van der Waals surface area contributed by atoms with Crippen LogP contribution in [0.5, 0.6) is 0 Å². The normalized spacial score (nSPS) is 53.3. The van der Waals surface area contributed by atoms with E-state index in [1.165, 1.54) is 6.42 Å². The minimum atomic E-state index is 0.493. The van der Waals surface area contributed by atoms with E-state index in [2.05, 4.69) is 48.5 Å². The largest absolute Gasteiger partial charge is 0.0649 e. The second-order valence-corrected chi connectivity index (χ2v) is 11.4. The van der Waals surface area contributed by atoms with Gasteiger partial charge in [0.05, 0.1) is 0 Å². The summed E-state index contributed by atoms with van der Waals surface area (Å²) in [4.78, 5) is 0. The molecule has 126 valence electrons. The smallest absolute Gasteiger partial charge is 0.0295 e. The van der Waals surface area contributed by atoms with E-state index in [1.54, 1.807) is 19.3 Å². The van der Waals surface area contributed by atoms with Crippen LogP contribution in [0.2, 0.25) is 0 Å². The third-order valence-electron chi connectivity index (χ3n) is 9.12. The first kappa shape index (κ1) is 15.5. The Morgan fingerprint density at radius 1 is 0.773 bits per heavy atom. The SMILES string of the molecule is CCC(C)(C)C1C2CC(C3C4CC(CC4C)C23)C1C(C)(C)C. The van der Waals surface area contributed by atoms with Gasteiger partial charge in [-0.05, 0) is 83.4 Å². The van der Waals surface area contributed by atoms with Gasteiger partial charge in [0.15, 0.2) is 0 Å². The van der Waals surface area contributed by atoms with Crippen LogP contribution >= 0.6 is 0 Å². The Balaban J connectivity index is 1.73. The van der Waals surface area contributed by atoms with Gasteiger partial charge in [0, 0.05) is 0 Å². The molecule has 0 aromatic carbocycles. The van der Waals surface area contributed by atoms with E-state index in [0.29, 0.717) is 10.8 Å². The van der Waals surface area contributed by atoms with Crippen molar-refractivity contribution in [3.63, 3.8) is 0 Å². The van der Waals surface area contributed by atoms with Crippen LogP contribution in [-0.4, -0.2) is 0 Å². The van der Waals surface area contributed by atoms with Crippen molar-refractivity contribution in [3.8, 4) is 0 Å². The molecule has 4 saturated carbocycles. The van der Waals surface area contributed by atoms with Gasteiger partial charge in [-0.1, -0.05) is 54.9 Å². The van der Waals surface area contributed by atoms with Crippen LogP contribution in [-0.2, 0) is 0 Å². The van der Waals surface area contributed by atoms with Gasteiger partial charge in [0.25, 0.3) is 0 Å². The van der Waals surface area contributed by atoms with Crippen LogP contribution < -0.4 is 0 Å². The fourth-order valence-electron chi connectivity index (χ4n) is 8.43. The highest BCUT2D eigenvalue weighted by Crippen LogP contribution is 2.75. The molecule has 0 radical (unpaired) electrons. The first-order valence-corrected chi connectivity index (χ1v) is 10.2. The van der Waals surface area contributed by atoms with Crippen molar-refractivity contribution in [1.29, 1.82) is 0 Å². The molecule has 9 atom stereocenters. The van der Waals surface area contributed by atoms with Crippen LogP contribution in [0.15, 0.2) is 0 Å². The molecule has 4 bridgehead atoms. The molecule has 4 aliphatic rings. The Morgan fingerprint density at radius 3 is 2.00 bits per heavy atom. The Morgan fingerprint density at radius 2 is 1.41 bits per heavy atom. The second-order valence-electron chi connectivity index (χ2n) is 11.4. The summed E-state index contributed by atoms with van der Waals surface area (Å²) in [7, 11) is 0. The van der Waals surface area contributed by atoms with Gasteiger partial charge in [-0.15, -0.1) is 0 Å². The lowest BCUT2D eigenvalue weighted by Crippen LogP contribution is -2.48. The molecule has 0 N–H and O–H groups in total. The zero-order valence-electron chi connectivity index (χ0n) is 16.0. The summed E-state index contributed by atoms with van der Waals surface area (Å²) in [6.07, 6.45) is 6.11. The average molecular weight is 303 g/mol. The number of fused-ring (bicyclic) bond motifs is 9. The molecule has 4 rings (SSSR count). The van der Waals surface area contributed by atoms with Crippen molar-refractivity contribution in [2.75, 3.05) is 0 Å².